The van der Waals surface area contributed by atoms with E-state index in [1.807, 2.05) is 13.0 Å². The highest BCUT2D eigenvalue weighted by Crippen LogP contribution is 2.18. The number of nitrogens with one attached hydrogen (secondary N) is 2. The number of carbonyl (C=O) groups excluding carboxylic acids is 1. The summed E-state index contributed by atoms with van der Waals surface area (Å²) < 4.78 is 0. The number of nitrogens with zero attached hydrogens (tertiary/aromatic N) is 1. The van der Waals surface area contributed by atoms with E-state index in [2.05, 4.69) is 10.6 Å². The van der Waals surface area contributed by atoms with Gasteiger partial charge in [0.15, 0.2) is 0 Å². The minimum atomic E-state index is -1.08. The molecule has 1 rings (SSSR count). The van der Waals surface area contributed by atoms with E-state index in [1.54, 1.807) is 32.0 Å². The highest BCUT2D eigenvalue weighted by atomic mass is 16.4. The first-order valence-electron chi connectivity index (χ1n) is 6.70. The number of nitriles is 1. The fourth-order valence-corrected chi connectivity index (χ4v) is 1.90. The SMILES string of the molecule is CC[C@H](C)[C@H](NC(=O)Nc1cccc(C)c1C#N)C(=O)O. The molecular formula is C15H19N3O3. The summed E-state index contributed by atoms with van der Waals surface area (Å²) in [7, 11) is 0. The van der Waals surface area contributed by atoms with Gasteiger partial charge in [-0.25, -0.2) is 9.59 Å². The van der Waals surface area contributed by atoms with E-state index in [0.717, 1.165) is 5.56 Å². The predicted octanol–water partition coefficient (Wildman–Crippen LogP) is 2.49. The second-order valence-electron chi connectivity index (χ2n) is 4.91. The molecule has 0 aliphatic heterocycles. The van der Waals surface area contributed by atoms with Gasteiger partial charge >= 0.3 is 12.0 Å². The van der Waals surface area contributed by atoms with Crippen LogP contribution in [0.2, 0.25) is 0 Å². The first-order chi connectivity index (χ1) is 9.90. The van der Waals surface area contributed by atoms with Crippen molar-refractivity contribution in [1.29, 1.82) is 5.26 Å². The third-order valence-electron chi connectivity index (χ3n) is 3.40. The molecule has 1 aromatic carbocycles. The summed E-state index contributed by atoms with van der Waals surface area (Å²) >= 11 is 0. The summed E-state index contributed by atoms with van der Waals surface area (Å²) in [5.74, 6) is -1.27. The third kappa shape index (κ3) is 4.21. The lowest BCUT2D eigenvalue weighted by atomic mass is 9.99. The summed E-state index contributed by atoms with van der Waals surface area (Å²) in [5, 5.41) is 23.2. The number of carbonyl (C=O) groups is 2. The van der Waals surface area contributed by atoms with Crippen LogP contribution in [0.25, 0.3) is 0 Å². The molecule has 0 fully saturated rings. The maximum atomic E-state index is 11.9. The van der Waals surface area contributed by atoms with Gasteiger partial charge in [0.2, 0.25) is 0 Å². The van der Waals surface area contributed by atoms with E-state index in [4.69, 9.17) is 10.4 Å². The van der Waals surface area contributed by atoms with Gasteiger partial charge in [0.1, 0.15) is 12.1 Å². The maximum absolute atomic E-state index is 11.9. The number of urea groups is 1. The lowest BCUT2D eigenvalue weighted by molar-refractivity contribution is -0.140. The fourth-order valence-electron chi connectivity index (χ4n) is 1.90. The van der Waals surface area contributed by atoms with Crippen LogP contribution in [0, 0.1) is 24.2 Å². The number of hydrogen-bond acceptors (Lipinski definition) is 3. The molecule has 0 aromatic heterocycles. The number of aliphatic carboxylic acids is 1. The van der Waals surface area contributed by atoms with Crippen molar-refractivity contribution in [2.45, 2.75) is 33.2 Å². The Morgan fingerprint density at radius 2 is 2.10 bits per heavy atom. The molecule has 0 radical (unpaired) electrons. The van der Waals surface area contributed by atoms with E-state index in [-0.39, 0.29) is 5.92 Å². The van der Waals surface area contributed by atoms with Crippen LogP contribution in [-0.4, -0.2) is 23.1 Å². The first kappa shape index (κ1) is 16.5. The Kier molecular flexibility index (Phi) is 5.73. The number of carboxylic acids is 1. The Hall–Kier alpha value is -2.55. The number of aryl methyl sites for hydroxylation is 1. The third-order valence-corrected chi connectivity index (χ3v) is 3.40. The van der Waals surface area contributed by atoms with Crippen molar-refractivity contribution in [1.82, 2.24) is 5.32 Å². The summed E-state index contributed by atoms with van der Waals surface area (Å²) in [6.45, 7) is 5.38. The van der Waals surface area contributed by atoms with Gasteiger partial charge < -0.3 is 15.7 Å². The summed E-state index contributed by atoms with van der Waals surface area (Å²) in [6, 6.07) is 5.50. The lowest BCUT2D eigenvalue weighted by Crippen LogP contribution is -2.46. The highest BCUT2D eigenvalue weighted by molar-refractivity contribution is 5.93. The lowest BCUT2D eigenvalue weighted by Gasteiger charge is -2.20. The fraction of sp³-hybridized carbons (Fsp3) is 0.400. The zero-order chi connectivity index (χ0) is 16.0. The molecule has 0 heterocycles. The molecule has 0 bridgehead atoms. The minimum Gasteiger partial charge on any atom is -0.480 e. The van der Waals surface area contributed by atoms with Gasteiger partial charge in [0.25, 0.3) is 0 Å². The van der Waals surface area contributed by atoms with Crippen LogP contribution in [-0.2, 0) is 4.79 Å². The van der Waals surface area contributed by atoms with Crippen molar-refractivity contribution in [3.05, 3.63) is 29.3 Å². The van der Waals surface area contributed by atoms with Crippen molar-refractivity contribution in [2.24, 2.45) is 5.92 Å². The van der Waals surface area contributed by atoms with Crippen LogP contribution >= 0.6 is 0 Å². The molecule has 0 unspecified atom stereocenters. The van der Waals surface area contributed by atoms with Gasteiger partial charge in [-0.2, -0.15) is 5.26 Å². The van der Waals surface area contributed by atoms with E-state index in [1.165, 1.54) is 0 Å². The molecule has 1 aromatic rings. The van der Waals surface area contributed by atoms with Crippen molar-refractivity contribution in [3.63, 3.8) is 0 Å². The zero-order valence-corrected chi connectivity index (χ0v) is 12.3. The highest BCUT2D eigenvalue weighted by Gasteiger charge is 2.25. The molecule has 3 N–H and O–H groups in total. The van der Waals surface area contributed by atoms with E-state index >= 15 is 0 Å². The molecule has 0 saturated heterocycles. The van der Waals surface area contributed by atoms with Crippen molar-refractivity contribution in [3.8, 4) is 6.07 Å². The topological polar surface area (TPSA) is 102 Å². The molecule has 0 aliphatic rings. The Labute approximate surface area is 123 Å². The second kappa shape index (κ2) is 7.29. The van der Waals surface area contributed by atoms with Crippen LogP contribution in [0.5, 0.6) is 0 Å². The van der Waals surface area contributed by atoms with Crippen LogP contribution in [0.15, 0.2) is 18.2 Å². The molecule has 0 saturated carbocycles. The van der Waals surface area contributed by atoms with Crippen molar-refractivity contribution < 1.29 is 14.7 Å². The quantitative estimate of drug-likeness (QED) is 0.774. The molecule has 0 spiro atoms. The minimum absolute atomic E-state index is 0.193. The van der Waals surface area contributed by atoms with Gasteiger partial charge in [-0.1, -0.05) is 32.4 Å². The maximum Gasteiger partial charge on any atom is 0.326 e. The number of carboxylic acid groups (broad SMARTS) is 1. The molecule has 6 nitrogen and oxygen atoms in total. The van der Waals surface area contributed by atoms with Gasteiger partial charge in [-0.05, 0) is 24.5 Å². The van der Waals surface area contributed by atoms with Gasteiger partial charge in [-0.15, -0.1) is 0 Å². The summed E-state index contributed by atoms with van der Waals surface area (Å²) in [6.07, 6.45) is 0.630. The molecular weight excluding hydrogens is 270 g/mol. The molecule has 6 heteroatoms. The van der Waals surface area contributed by atoms with E-state index in [9.17, 15) is 9.59 Å². The average Bonchev–Trinajstić information content (AvgIpc) is 2.44. The Morgan fingerprint density at radius 3 is 2.62 bits per heavy atom. The Morgan fingerprint density at radius 1 is 1.43 bits per heavy atom. The van der Waals surface area contributed by atoms with Crippen LogP contribution in [0.1, 0.15) is 31.4 Å². The van der Waals surface area contributed by atoms with E-state index < -0.39 is 18.0 Å². The number of hydrogen-bond donors (Lipinski definition) is 3. The molecule has 0 aliphatic carbocycles. The largest absolute Gasteiger partial charge is 0.480 e. The van der Waals surface area contributed by atoms with Gasteiger partial charge in [-0.3, -0.25) is 0 Å². The van der Waals surface area contributed by atoms with Gasteiger partial charge in [0, 0.05) is 0 Å². The van der Waals surface area contributed by atoms with Gasteiger partial charge in [0.05, 0.1) is 11.3 Å². The smallest absolute Gasteiger partial charge is 0.326 e. The summed E-state index contributed by atoms with van der Waals surface area (Å²) in [4.78, 5) is 23.1. The molecule has 2 amide bonds. The van der Waals surface area contributed by atoms with Crippen LogP contribution in [0.4, 0.5) is 10.5 Å². The first-order valence-corrected chi connectivity index (χ1v) is 6.70. The Bertz CT molecular complexity index is 578. The predicted molar refractivity (Wildman–Crippen MR) is 78.9 cm³/mol. The number of amides is 2. The normalized spacial score (nSPS) is 12.9. The van der Waals surface area contributed by atoms with Crippen LogP contribution in [0.3, 0.4) is 0 Å². The van der Waals surface area contributed by atoms with Crippen LogP contribution < -0.4 is 10.6 Å². The monoisotopic (exact) mass is 289 g/mol. The molecule has 112 valence electrons. The number of benzene rings is 1. The summed E-state index contributed by atoms with van der Waals surface area (Å²) in [5.41, 5.74) is 1.47. The van der Waals surface area contributed by atoms with E-state index in [0.29, 0.717) is 17.7 Å². The zero-order valence-electron chi connectivity index (χ0n) is 12.3. The average molecular weight is 289 g/mol. The van der Waals surface area contributed by atoms with Crippen molar-refractivity contribution >= 4 is 17.7 Å². The molecule has 2 atom stereocenters. The standard InChI is InChI=1S/C15H19N3O3/c1-4-9(2)13(14(19)20)18-15(21)17-12-7-5-6-10(3)11(12)8-16/h5-7,9,13H,4H2,1-3H3,(H,19,20)(H2,17,18,21)/t9-,13-/m0/s1. The number of rotatable bonds is 5. The van der Waals surface area contributed by atoms with Crippen molar-refractivity contribution in [2.75, 3.05) is 5.32 Å². The second-order valence-corrected chi connectivity index (χ2v) is 4.91. The molecule has 21 heavy (non-hydrogen) atoms. The Balaban J connectivity index is 2.85. The number of anilines is 1.